The van der Waals surface area contributed by atoms with Crippen molar-refractivity contribution in [2.45, 2.75) is 9.79 Å². The van der Waals surface area contributed by atoms with Gasteiger partial charge in [0.2, 0.25) is 0 Å². The summed E-state index contributed by atoms with van der Waals surface area (Å²) < 4.78 is 0. The summed E-state index contributed by atoms with van der Waals surface area (Å²) in [7, 11) is 1.06. The van der Waals surface area contributed by atoms with Crippen molar-refractivity contribution in [2.24, 2.45) is 0 Å². The van der Waals surface area contributed by atoms with E-state index in [-0.39, 0.29) is 0 Å². The van der Waals surface area contributed by atoms with Crippen LogP contribution >= 0.6 is 23.4 Å². The van der Waals surface area contributed by atoms with Crippen LogP contribution in [0.3, 0.4) is 0 Å². The van der Waals surface area contributed by atoms with Gasteiger partial charge in [0.25, 0.3) is 0 Å². The second-order valence-electron chi connectivity index (χ2n) is 4.02. The minimum atomic E-state index is 0.785. The Morgan fingerprint density at radius 3 is 2.53 bits per heavy atom. The van der Waals surface area contributed by atoms with Gasteiger partial charge in [-0.2, -0.15) is 0 Å². The van der Waals surface area contributed by atoms with E-state index in [1.54, 1.807) is 11.8 Å². The van der Waals surface area contributed by atoms with Crippen molar-refractivity contribution < 1.29 is 0 Å². The van der Waals surface area contributed by atoms with Crippen LogP contribution in [0.15, 0.2) is 58.2 Å². The maximum Gasteiger partial charge on any atom is 0.183 e. The van der Waals surface area contributed by atoms with Crippen LogP contribution in [0.4, 0.5) is 0 Å². The highest BCUT2D eigenvalue weighted by Crippen LogP contribution is 2.28. The van der Waals surface area contributed by atoms with Gasteiger partial charge in [0, 0.05) is 14.8 Å². The van der Waals surface area contributed by atoms with Crippen molar-refractivity contribution in [2.75, 3.05) is 0 Å². The fourth-order valence-electron chi connectivity index (χ4n) is 1.94. The van der Waals surface area contributed by atoms with Crippen molar-refractivity contribution in [1.29, 1.82) is 0 Å². The molecule has 2 aromatic rings. The third kappa shape index (κ3) is 2.43. The first-order chi connectivity index (χ1) is 8.31. The molecule has 0 nitrogen and oxygen atoms in total. The van der Waals surface area contributed by atoms with Gasteiger partial charge in [0.05, 0.1) is 0 Å². The Balaban J connectivity index is 1.84. The monoisotopic (exact) mass is 256 g/mol. The zero-order valence-electron chi connectivity index (χ0n) is 9.19. The van der Waals surface area contributed by atoms with Crippen LogP contribution in [0, 0.1) is 0 Å². The molecule has 0 saturated heterocycles. The van der Waals surface area contributed by atoms with Crippen LogP contribution < -0.4 is 5.46 Å². The molecule has 0 aromatic heterocycles. The Morgan fingerprint density at radius 1 is 0.941 bits per heavy atom. The summed E-state index contributed by atoms with van der Waals surface area (Å²) in [5, 5.41) is 0.785. The molecular weight excluding hydrogens is 246 g/mol. The summed E-state index contributed by atoms with van der Waals surface area (Å²) >= 11 is 7.65. The molecule has 0 saturated carbocycles. The third-order valence-electron chi connectivity index (χ3n) is 2.80. The smallest absolute Gasteiger partial charge is 0.113 e. The standard InChI is InChI=1S/C14H10BClS/c16-11-2-5-12(6-3-11)17-13-4-1-10-7-8-15-14(10)9-13/h1-9,15H. The van der Waals surface area contributed by atoms with Gasteiger partial charge in [0.15, 0.2) is 7.28 Å². The van der Waals surface area contributed by atoms with Crippen LogP contribution in [0.5, 0.6) is 0 Å². The van der Waals surface area contributed by atoms with Crippen molar-refractivity contribution in [3.8, 4) is 0 Å². The summed E-state index contributed by atoms with van der Waals surface area (Å²) in [6.45, 7) is 0. The molecule has 0 N–H and O–H groups in total. The molecule has 0 bridgehead atoms. The van der Waals surface area contributed by atoms with Crippen molar-refractivity contribution in [1.82, 2.24) is 0 Å². The van der Waals surface area contributed by atoms with Crippen LogP contribution in [0.2, 0.25) is 5.02 Å². The minimum absolute atomic E-state index is 0.785. The van der Waals surface area contributed by atoms with E-state index in [0.29, 0.717) is 0 Å². The summed E-state index contributed by atoms with van der Waals surface area (Å²) in [4.78, 5) is 2.51. The number of fused-ring (bicyclic) bond motifs is 1. The van der Waals surface area contributed by atoms with Gasteiger partial charge in [0.1, 0.15) is 0 Å². The summed E-state index contributed by atoms with van der Waals surface area (Å²) in [5.74, 6) is 2.21. The van der Waals surface area contributed by atoms with E-state index in [1.807, 2.05) is 12.1 Å². The molecule has 0 radical (unpaired) electrons. The average molecular weight is 257 g/mol. The van der Waals surface area contributed by atoms with Crippen LogP contribution in [0.25, 0.3) is 6.08 Å². The lowest BCUT2D eigenvalue weighted by molar-refractivity contribution is 1.41. The molecule has 0 atom stereocenters. The van der Waals surface area contributed by atoms with Gasteiger partial charge < -0.3 is 0 Å². The molecule has 1 aliphatic rings. The van der Waals surface area contributed by atoms with Gasteiger partial charge >= 0.3 is 0 Å². The molecule has 1 aliphatic heterocycles. The van der Waals surface area contributed by atoms with Gasteiger partial charge in [-0.15, -0.1) is 5.98 Å². The number of hydrogen-bond donors (Lipinski definition) is 0. The van der Waals surface area contributed by atoms with Gasteiger partial charge in [-0.05, 0) is 35.9 Å². The lowest BCUT2D eigenvalue weighted by atomic mass is 9.73. The predicted octanol–water partition coefficient (Wildman–Crippen LogP) is 3.54. The van der Waals surface area contributed by atoms with E-state index < -0.39 is 0 Å². The van der Waals surface area contributed by atoms with Crippen LogP contribution in [-0.2, 0) is 0 Å². The molecular formula is C14H10BClS. The molecule has 1 heterocycles. The van der Waals surface area contributed by atoms with E-state index in [4.69, 9.17) is 11.6 Å². The van der Waals surface area contributed by atoms with E-state index in [9.17, 15) is 0 Å². The topological polar surface area (TPSA) is 0 Å². The van der Waals surface area contributed by atoms with Crippen molar-refractivity contribution in [3.05, 3.63) is 59.0 Å². The normalized spacial score (nSPS) is 12.3. The molecule has 2 aromatic carbocycles. The number of hydrogen-bond acceptors (Lipinski definition) is 1. The lowest BCUT2D eigenvalue weighted by Crippen LogP contribution is -2.10. The highest BCUT2D eigenvalue weighted by Gasteiger charge is 2.07. The van der Waals surface area contributed by atoms with Gasteiger partial charge in [-0.3, -0.25) is 0 Å². The molecule has 0 aliphatic carbocycles. The quantitative estimate of drug-likeness (QED) is 0.741. The molecule has 17 heavy (non-hydrogen) atoms. The molecule has 3 heteroatoms. The first-order valence-corrected chi connectivity index (χ1v) is 6.73. The number of benzene rings is 2. The number of halogens is 1. The minimum Gasteiger partial charge on any atom is -0.113 e. The summed E-state index contributed by atoms with van der Waals surface area (Å²) in [6, 6.07) is 14.6. The Kier molecular flexibility index (Phi) is 3.00. The largest absolute Gasteiger partial charge is 0.183 e. The van der Waals surface area contributed by atoms with Crippen LogP contribution in [0.1, 0.15) is 5.56 Å². The Bertz CT molecular complexity index is 575. The predicted molar refractivity (Wildman–Crippen MR) is 77.8 cm³/mol. The van der Waals surface area contributed by atoms with E-state index >= 15 is 0 Å². The van der Waals surface area contributed by atoms with Gasteiger partial charge in [-0.1, -0.05) is 47.0 Å². The maximum atomic E-state index is 5.87. The zero-order chi connectivity index (χ0) is 11.7. The fraction of sp³-hybridized carbons (Fsp3) is 0. The fourth-order valence-corrected chi connectivity index (χ4v) is 2.94. The Morgan fingerprint density at radius 2 is 1.71 bits per heavy atom. The van der Waals surface area contributed by atoms with Crippen molar-refractivity contribution in [3.63, 3.8) is 0 Å². The Labute approximate surface area is 111 Å². The van der Waals surface area contributed by atoms with Crippen LogP contribution in [-0.4, -0.2) is 7.28 Å². The van der Waals surface area contributed by atoms with Gasteiger partial charge in [-0.25, -0.2) is 0 Å². The maximum absolute atomic E-state index is 5.87. The lowest BCUT2D eigenvalue weighted by Gasteiger charge is -2.05. The molecule has 3 rings (SSSR count). The second-order valence-corrected chi connectivity index (χ2v) is 5.61. The van der Waals surface area contributed by atoms with E-state index in [1.165, 1.54) is 20.8 Å². The highest BCUT2D eigenvalue weighted by molar-refractivity contribution is 7.99. The molecule has 0 spiro atoms. The first-order valence-electron chi connectivity index (χ1n) is 5.54. The summed E-state index contributed by atoms with van der Waals surface area (Å²) in [6.07, 6.45) is 2.19. The van der Waals surface area contributed by atoms with E-state index in [2.05, 4.69) is 42.4 Å². The third-order valence-corrected chi connectivity index (χ3v) is 4.05. The average Bonchev–Trinajstić information content (AvgIpc) is 2.79. The Hall–Kier alpha value is -1.12. The highest BCUT2D eigenvalue weighted by atomic mass is 35.5. The molecule has 0 amide bonds. The van der Waals surface area contributed by atoms with Crippen molar-refractivity contribution >= 4 is 42.2 Å². The molecule has 82 valence electrons. The summed E-state index contributed by atoms with van der Waals surface area (Å²) in [5.41, 5.74) is 2.77. The van der Waals surface area contributed by atoms with E-state index in [0.717, 1.165) is 12.3 Å². The number of rotatable bonds is 2. The SMILES string of the molecule is Clc1ccc(Sc2ccc3c(c2)BC=C3)cc1. The zero-order valence-corrected chi connectivity index (χ0v) is 10.8. The first kappa shape index (κ1) is 11.0. The molecule has 0 fully saturated rings. The molecule has 0 unspecified atom stereocenters. The second kappa shape index (κ2) is 4.63.